The molecule has 2 rings (SSSR count). The van der Waals surface area contributed by atoms with E-state index in [9.17, 15) is 9.59 Å². The van der Waals surface area contributed by atoms with Crippen molar-refractivity contribution in [3.05, 3.63) is 90.9 Å². The van der Waals surface area contributed by atoms with Crippen molar-refractivity contribution in [2.24, 2.45) is 0 Å². The highest BCUT2D eigenvalue weighted by atomic mass is 16.7. The highest BCUT2D eigenvalue weighted by Gasteiger charge is 2.51. The number of hydrogen-bond donors (Lipinski definition) is 0. The van der Waals surface area contributed by atoms with E-state index in [0.717, 1.165) is 38.5 Å². The average Bonchev–Trinajstić information content (AvgIpc) is 3.60. The predicted molar refractivity (Wildman–Crippen MR) is 136 cm³/mol. The van der Waals surface area contributed by atoms with E-state index in [1.807, 2.05) is 0 Å². The molecule has 1 aromatic heterocycles. The topological polar surface area (TPSA) is 65.5 Å². The molecule has 1 fully saturated rings. The van der Waals surface area contributed by atoms with Crippen molar-refractivity contribution in [1.29, 1.82) is 0 Å². The molecule has 34 heavy (non-hydrogen) atoms. The van der Waals surface area contributed by atoms with Crippen molar-refractivity contribution in [2.75, 3.05) is 0 Å². The van der Waals surface area contributed by atoms with E-state index in [4.69, 9.17) is 9.47 Å². The highest BCUT2D eigenvalue weighted by molar-refractivity contribution is 5.89. The van der Waals surface area contributed by atoms with E-state index < -0.39 is 11.8 Å². The first kappa shape index (κ1) is 27.0. The van der Waals surface area contributed by atoms with E-state index in [2.05, 4.69) is 72.7 Å². The van der Waals surface area contributed by atoms with Crippen molar-refractivity contribution in [3.63, 3.8) is 0 Å². The van der Waals surface area contributed by atoms with Gasteiger partial charge in [0.25, 0.3) is 5.79 Å². The molecule has 1 aromatic rings. The fourth-order valence-electron chi connectivity index (χ4n) is 3.03. The lowest BCUT2D eigenvalue weighted by Crippen LogP contribution is -2.26. The van der Waals surface area contributed by atoms with Gasteiger partial charge in [-0.25, -0.2) is 4.79 Å². The number of ether oxygens (including phenoxy) is 2. The molecule has 5 heteroatoms. The molecule has 0 radical (unpaired) electrons. The number of unbranched alkanes of at least 4 members (excludes halogenated alkanes) is 1. The van der Waals surface area contributed by atoms with Crippen LogP contribution in [0.1, 0.15) is 81.5 Å². The van der Waals surface area contributed by atoms with Gasteiger partial charge in [-0.3, -0.25) is 9.78 Å². The zero-order chi connectivity index (χ0) is 24.3. The number of carbonyl (C=O) groups excluding carboxylic acids is 2. The fourth-order valence-corrected chi connectivity index (χ4v) is 3.03. The van der Waals surface area contributed by atoms with Crippen LogP contribution < -0.4 is 0 Å². The second-order valence-corrected chi connectivity index (χ2v) is 8.12. The molecule has 1 aliphatic rings. The Morgan fingerprint density at radius 3 is 2.00 bits per heavy atom. The minimum absolute atomic E-state index is 0.306. The highest BCUT2D eigenvalue weighted by Crippen LogP contribution is 2.41. The molecule has 1 saturated carbocycles. The van der Waals surface area contributed by atoms with Crippen LogP contribution >= 0.6 is 0 Å². The van der Waals surface area contributed by atoms with Crippen LogP contribution in [0.25, 0.3) is 0 Å². The van der Waals surface area contributed by atoms with Crippen LogP contribution in [-0.4, -0.2) is 22.7 Å². The van der Waals surface area contributed by atoms with Crippen molar-refractivity contribution < 1.29 is 19.1 Å². The normalized spacial score (nSPS) is 15.2. The summed E-state index contributed by atoms with van der Waals surface area (Å²) in [6.07, 6.45) is 32.5. The van der Waals surface area contributed by atoms with Crippen LogP contribution in [0.3, 0.4) is 0 Å². The number of carbonyl (C=O) groups is 2. The Morgan fingerprint density at radius 1 is 0.882 bits per heavy atom. The van der Waals surface area contributed by atoms with Crippen LogP contribution in [0.2, 0.25) is 0 Å². The van der Waals surface area contributed by atoms with Gasteiger partial charge in [0.15, 0.2) is 0 Å². The van der Waals surface area contributed by atoms with Gasteiger partial charge in [-0.15, -0.1) is 0 Å². The zero-order valence-corrected chi connectivity index (χ0v) is 20.2. The number of esters is 2. The number of nitrogens with zero attached hydrogens (tertiary/aromatic N) is 1. The summed E-state index contributed by atoms with van der Waals surface area (Å²) in [5, 5.41) is 0. The summed E-state index contributed by atoms with van der Waals surface area (Å²) in [7, 11) is 0. The average molecular weight is 464 g/mol. The summed E-state index contributed by atoms with van der Waals surface area (Å²) >= 11 is 0. The maximum atomic E-state index is 12.1. The Hall–Kier alpha value is -3.21. The Labute approximate surface area is 204 Å². The third-order valence-corrected chi connectivity index (χ3v) is 5.04. The first-order valence-electron chi connectivity index (χ1n) is 12.3. The molecule has 1 aliphatic carbocycles. The van der Waals surface area contributed by atoms with E-state index in [-0.39, 0.29) is 5.97 Å². The van der Waals surface area contributed by atoms with E-state index >= 15 is 0 Å². The largest absolute Gasteiger partial charge is 0.422 e. The molecule has 0 unspecified atom stereocenters. The van der Waals surface area contributed by atoms with Gasteiger partial charge in [0.2, 0.25) is 0 Å². The van der Waals surface area contributed by atoms with E-state index in [1.54, 1.807) is 18.3 Å². The SMILES string of the molecule is CC/C=C\C/C=C\C/C=C\C/C=C\C/C=C\CCCC(=O)OC1(OC(=O)c2cccnc2)CC1. The second kappa shape index (κ2) is 16.4. The smallest absolute Gasteiger partial charge is 0.342 e. The zero-order valence-electron chi connectivity index (χ0n) is 20.2. The van der Waals surface area contributed by atoms with Crippen molar-refractivity contribution in [1.82, 2.24) is 4.98 Å². The number of hydrogen-bond acceptors (Lipinski definition) is 5. The first-order valence-corrected chi connectivity index (χ1v) is 12.3. The summed E-state index contributed by atoms with van der Waals surface area (Å²) < 4.78 is 10.8. The van der Waals surface area contributed by atoms with E-state index in [1.165, 1.54) is 6.20 Å². The Balaban J connectivity index is 1.49. The molecule has 0 aromatic carbocycles. The first-order chi connectivity index (χ1) is 16.7. The molecule has 5 nitrogen and oxygen atoms in total. The molecule has 1 heterocycles. The second-order valence-electron chi connectivity index (χ2n) is 8.12. The summed E-state index contributed by atoms with van der Waals surface area (Å²) in [5.41, 5.74) is 0.350. The van der Waals surface area contributed by atoms with Gasteiger partial charge in [0.05, 0.1) is 5.56 Å². The maximum absolute atomic E-state index is 12.1. The van der Waals surface area contributed by atoms with Crippen LogP contribution in [0.5, 0.6) is 0 Å². The molecule has 0 spiro atoms. The lowest BCUT2D eigenvalue weighted by molar-refractivity contribution is -0.176. The molecule has 0 saturated heterocycles. The van der Waals surface area contributed by atoms with Gasteiger partial charge in [0.1, 0.15) is 0 Å². The Kier molecular flexibility index (Phi) is 13.0. The van der Waals surface area contributed by atoms with Gasteiger partial charge in [0, 0.05) is 31.7 Å². The van der Waals surface area contributed by atoms with Gasteiger partial charge < -0.3 is 9.47 Å². The van der Waals surface area contributed by atoms with Crippen LogP contribution in [0.4, 0.5) is 0 Å². The minimum Gasteiger partial charge on any atom is -0.422 e. The Bertz CT molecular complexity index is 877. The minimum atomic E-state index is -1.08. The van der Waals surface area contributed by atoms with Gasteiger partial charge in [-0.1, -0.05) is 67.7 Å². The molecule has 0 amide bonds. The van der Waals surface area contributed by atoms with Crippen LogP contribution in [-0.2, 0) is 14.3 Å². The number of allylic oxidation sites excluding steroid dienone is 10. The molecule has 0 bridgehead atoms. The summed E-state index contributed by atoms with van der Waals surface area (Å²) in [6.45, 7) is 2.14. The third kappa shape index (κ3) is 12.1. The number of aromatic nitrogens is 1. The van der Waals surface area contributed by atoms with E-state index in [0.29, 0.717) is 31.2 Å². The van der Waals surface area contributed by atoms with Crippen molar-refractivity contribution >= 4 is 11.9 Å². The predicted octanol–water partition coefficient (Wildman–Crippen LogP) is 7.19. The summed E-state index contributed by atoms with van der Waals surface area (Å²) in [4.78, 5) is 28.1. The third-order valence-electron chi connectivity index (χ3n) is 5.04. The fraction of sp³-hybridized carbons (Fsp3) is 0.414. The molecule has 0 atom stereocenters. The van der Waals surface area contributed by atoms with Crippen molar-refractivity contribution in [2.45, 2.75) is 76.9 Å². The molecule has 0 aliphatic heterocycles. The summed E-state index contributed by atoms with van der Waals surface area (Å²) in [6, 6.07) is 3.29. The Morgan fingerprint density at radius 2 is 1.47 bits per heavy atom. The quantitative estimate of drug-likeness (QED) is 0.112. The van der Waals surface area contributed by atoms with Crippen LogP contribution in [0.15, 0.2) is 85.3 Å². The molecular formula is C29H37NO4. The van der Waals surface area contributed by atoms with Crippen LogP contribution in [0, 0.1) is 0 Å². The molecule has 182 valence electrons. The maximum Gasteiger partial charge on any atom is 0.342 e. The van der Waals surface area contributed by atoms with Gasteiger partial charge >= 0.3 is 11.9 Å². The van der Waals surface area contributed by atoms with Gasteiger partial charge in [-0.05, 0) is 57.1 Å². The lowest BCUT2D eigenvalue weighted by Gasteiger charge is -2.17. The molecular weight excluding hydrogens is 426 g/mol. The molecule has 0 N–H and O–H groups in total. The number of rotatable bonds is 16. The summed E-state index contributed by atoms with van der Waals surface area (Å²) in [5.74, 6) is -1.93. The lowest BCUT2D eigenvalue weighted by atomic mass is 10.2. The standard InChI is InChI=1S/C29H37NO4/c1-2-3-4-5-6-7-8-9-10-11-12-13-14-15-16-17-18-21-27(31)33-29(22-23-29)34-28(32)26-20-19-24-30-25-26/h3-4,6-7,9-10,12-13,15-16,19-20,24-25H,2,5,8,11,14,17-18,21-23H2,1H3/b4-3-,7-6-,10-9-,13-12-,16-15-. The monoisotopic (exact) mass is 463 g/mol. The van der Waals surface area contributed by atoms with Gasteiger partial charge in [-0.2, -0.15) is 0 Å². The number of pyridine rings is 1. The van der Waals surface area contributed by atoms with Crippen molar-refractivity contribution in [3.8, 4) is 0 Å².